The predicted molar refractivity (Wildman–Crippen MR) is 77.5 cm³/mol. The Hall–Kier alpha value is -2.63. The van der Waals surface area contributed by atoms with Crippen LogP contribution in [0.2, 0.25) is 0 Å². The van der Waals surface area contributed by atoms with E-state index in [1.54, 1.807) is 17.9 Å². The normalized spacial score (nSPS) is 10.4. The van der Waals surface area contributed by atoms with E-state index in [9.17, 15) is 9.59 Å². The molecule has 0 bridgehead atoms. The largest absolute Gasteiger partial charge is 0.481 e. The number of aliphatic carboxylic acids is 1. The number of rotatable bonds is 5. The van der Waals surface area contributed by atoms with Gasteiger partial charge in [0.2, 0.25) is 0 Å². The highest BCUT2D eigenvalue weighted by atomic mass is 16.4. The zero-order chi connectivity index (χ0) is 15.4. The molecule has 0 unspecified atom stereocenters. The van der Waals surface area contributed by atoms with Crippen LogP contribution in [0.1, 0.15) is 22.3 Å². The summed E-state index contributed by atoms with van der Waals surface area (Å²) in [5, 5.41) is 12.8. The van der Waals surface area contributed by atoms with Gasteiger partial charge in [-0.2, -0.15) is 5.10 Å². The Kier molecular flexibility index (Phi) is 4.37. The minimum absolute atomic E-state index is 0.0752. The summed E-state index contributed by atoms with van der Waals surface area (Å²) in [5.41, 5.74) is 2.40. The summed E-state index contributed by atoms with van der Waals surface area (Å²) >= 11 is 0. The molecule has 1 aromatic carbocycles. The van der Waals surface area contributed by atoms with Crippen LogP contribution in [-0.2, 0) is 4.79 Å². The van der Waals surface area contributed by atoms with E-state index in [4.69, 9.17) is 5.11 Å². The van der Waals surface area contributed by atoms with Gasteiger partial charge in [0.05, 0.1) is 23.9 Å². The Bertz CT molecular complexity index is 664. The highest BCUT2D eigenvalue weighted by Crippen LogP contribution is 2.14. The van der Waals surface area contributed by atoms with Gasteiger partial charge in [0.1, 0.15) is 0 Å². The molecular weight excluding hydrogens is 270 g/mol. The summed E-state index contributed by atoms with van der Waals surface area (Å²) in [6, 6.07) is 7.74. The van der Waals surface area contributed by atoms with E-state index in [2.05, 4.69) is 5.10 Å². The van der Waals surface area contributed by atoms with Gasteiger partial charge >= 0.3 is 5.97 Å². The number of hydrogen-bond acceptors (Lipinski definition) is 3. The van der Waals surface area contributed by atoms with Gasteiger partial charge in [0, 0.05) is 19.8 Å². The van der Waals surface area contributed by atoms with Crippen molar-refractivity contribution in [3.05, 3.63) is 47.8 Å². The van der Waals surface area contributed by atoms with E-state index in [1.807, 2.05) is 31.2 Å². The minimum Gasteiger partial charge on any atom is -0.481 e. The van der Waals surface area contributed by atoms with E-state index in [-0.39, 0.29) is 18.9 Å². The number of nitrogens with zero attached hydrogens (tertiary/aromatic N) is 3. The average molecular weight is 287 g/mol. The third kappa shape index (κ3) is 3.47. The molecule has 0 saturated carbocycles. The average Bonchev–Trinajstić information content (AvgIpc) is 2.94. The van der Waals surface area contributed by atoms with Crippen LogP contribution in [0.25, 0.3) is 5.69 Å². The van der Waals surface area contributed by atoms with Gasteiger partial charge in [-0.05, 0) is 18.6 Å². The molecule has 6 nitrogen and oxygen atoms in total. The summed E-state index contributed by atoms with van der Waals surface area (Å²) in [5.74, 6) is -1.17. The van der Waals surface area contributed by atoms with Crippen molar-refractivity contribution >= 4 is 11.9 Å². The van der Waals surface area contributed by atoms with E-state index in [0.29, 0.717) is 5.56 Å². The number of carboxylic acid groups (broad SMARTS) is 1. The van der Waals surface area contributed by atoms with E-state index >= 15 is 0 Å². The van der Waals surface area contributed by atoms with Gasteiger partial charge < -0.3 is 10.0 Å². The fourth-order valence-corrected chi connectivity index (χ4v) is 1.97. The van der Waals surface area contributed by atoms with Gasteiger partial charge in [0.15, 0.2) is 0 Å². The van der Waals surface area contributed by atoms with Crippen LogP contribution < -0.4 is 0 Å². The summed E-state index contributed by atoms with van der Waals surface area (Å²) < 4.78 is 1.65. The van der Waals surface area contributed by atoms with Crippen molar-refractivity contribution in [3.8, 4) is 5.69 Å². The molecule has 0 atom stereocenters. The van der Waals surface area contributed by atoms with E-state index in [1.165, 1.54) is 11.1 Å². The predicted octanol–water partition coefficient (Wildman–Crippen LogP) is 1.73. The topological polar surface area (TPSA) is 75.4 Å². The molecule has 110 valence electrons. The third-order valence-corrected chi connectivity index (χ3v) is 3.20. The molecule has 0 aliphatic carbocycles. The second kappa shape index (κ2) is 6.21. The zero-order valence-electron chi connectivity index (χ0n) is 12.0. The smallest absolute Gasteiger partial charge is 0.305 e. The van der Waals surface area contributed by atoms with E-state index in [0.717, 1.165) is 11.3 Å². The molecule has 2 aromatic rings. The number of carbonyl (C=O) groups excluding carboxylic acids is 1. The van der Waals surface area contributed by atoms with Gasteiger partial charge in [-0.3, -0.25) is 9.59 Å². The Morgan fingerprint density at radius 1 is 1.33 bits per heavy atom. The fraction of sp³-hybridized carbons (Fsp3) is 0.267. The van der Waals surface area contributed by atoms with Crippen LogP contribution in [0.5, 0.6) is 0 Å². The number of hydrogen-bond donors (Lipinski definition) is 1. The van der Waals surface area contributed by atoms with E-state index < -0.39 is 5.97 Å². The zero-order valence-corrected chi connectivity index (χ0v) is 12.0. The number of amides is 1. The van der Waals surface area contributed by atoms with Gasteiger partial charge in [-0.1, -0.05) is 18.2 Å². The van der Waals surface area contributed by atoms with Crippen molar-refractivity contribution in [1.82, 2.24) is 14.7 Å². The van der Waals surface area contributed by atoms with Crippen molar-refractivity contribution in [1.29, 1.82) is 0 Å². The number of aromatic nitrogens is 2. The molecule has 0 aliphatic heterocycles. The lowest BCUT2D eigenvalue weighted by atomic mass is 10.2. The first-order valence-corrected chi connectivity index (χ1v) is 6.57. The maximum atomic E-state index is 12.2. The second-order valence-corrected chi connectivity index (χ2v) is 4.83. The lowest BCUT2D eigenvalue weighted by Gasteiger charge is -2.14. The molecule has 1 aromatic heterocycles. The fourth-order valence-electron chi connectivity index (χ4n) is 1.97. The molecule has 0 saturated heterocycles. The maximum absolute atomic E-state index is 12.2. The monoisotopic (exact) mass is 287 g/mol. The summed E-state index contributed by atoms with van der Waals surface area (Å²) in [7, 11) is 1.58. The first-order valence-electron chi connectivity index (χ1n) is 6.57. The molecule has 0 aliphatic rings. The van der Waals surface area contributed by atoms with Crippen molar-refractivity contribution in [3.63, 3.8) is 0 Å². The molecule has 6 heteroatoms. The lowest BCUT2D eigenvalue weighted by Crippen LogP contribution is -2.28. The minimum atomic E-state index is -0.926. The Labute approximate surface area is 122 Å². The molecule has 2 rings (SSSR count). The molecule has 1 amide bonds. The molecule has 0 radical (unpaired) electrons. The van der Waals surface area contributed by atoms with Crippen molar-refractivity contribution in [2.24, 2.45) is 0 Å². The van der Waals surface area contributed by atoms with Crippen LogP contribution in [0.3, 0.4) is 0 Å². The SMILES string of the molecule is Cc1ccccc1-n1cc(C(=O)N(C)CCC(=O)O)cn1. The standard InChI is InChI=1S/C15H17N3O3/c1-11-5-3-4-6-13(11)18-10-12(9-16-18)15(21)17(2)8-7-14(19)20/h3-6,9-10H,7-8H2,1-2H3,(H,19,20). The summed E-state index contributed by atoms with van der Waals surface area (Å²) in [4.78, 5) is 24.1. The first-order chi connectivity index (χ1) is 9.99. The van der Waals surface area contributed by atoms with Crippen LogP contribution in [-0.4, -0.2) is 45.3 Å². The number of aryl methyl sites for hydroxylation is 1. The highest BCUT2D eigenvalue weighted by Gasteiger charge is 2.15. The van der Waals surface area contributed by atoms with Gasteiger partial charge in [-0.25, -0.2) is 4.68 Å². The first kappa shape index (κ1) is 14.8. The molecule has 1 heterocycles. The number of para-hydroxylation sites is 1. The molecular formula is C15H17N3O3. The Balaban J connectivity index is 2.14. The van der Waals surface area contributed by atoms with Crippen LogP contribution in [0, 0.1) is 6.92 Å². The Morgan fingerprint density at radius 2 is 2.05 bits per heavy atom. The summed E-state index contributed by atoms with van der Waals surface area (Å²) in [6.45, 7) is 2.14. The van der Waals surface area contributed by atoms with Gasteiger partial charge in [0.25, 0.3) is 5.91 Å². The molecule has 0 fully saturated rings. The van der Waals surface area contributed by atoms with Crippen molar-refractivity contribution < 1.29 is 14.7 Å². The maximum Gasteiger partial charge on any atom is 0.305 e. The van der Waals surface area contributed by atoms with Crippen LogP contribution in [0.4, 0.5) is 0 Å². The number of carboxylic acids is 1. The number of carbonyl (C=O) groups is 2. The summed E-state index contributed by atoms with van der Waals surface area (Å²) in [6.07, 6.45) is 3.07. The quantitative estimate of drug-likeness (QED) is 0.908. The Morgan fingerprint density at radius 3 is 2.71 bits per heavy atom. The highest BCUT2D eigenvalue weighted by molar-refractivity contribution is 5.93. The third-order valence-electron chi connectivity index (χ3n) is 3.20. The van der Waals surface area contributed by atoms with Crippen molar-refractivity contribution in [2.45, 2.75) is 13.3 Å². The second-order valence-electron chi connectivity index (χ2n) is 4.83. The molecule has 0 spiro atoms. The molecule has 1 N–H and O–H groups in total. The van der Waals surface area contributed by atoms with Crippen molar-refractivity contribution in [2.75, 3.05) is 13.6 Å². The van der Waals surface area contributed by atoms with Gasteiger partial charge in [-0.15, -0.1) is 0 Å². The number of benzene rings is 1. The lowest BCUT2D eigenvalue weighted by molar-refractivity contribution is -0.137. The molecule has 21 heavy (non-hydrogen) atoms. The van der Waals surface area contributed by atoms with Crippen LogP contribution in [0.15, 0.2) is 36.7 Å². The van der Waals surface area contributed by atoms with Crippen LogP contribution >= 0.6 is 0 Å².